The van der Waals surface area contributed by atoms with Crippen molar-refractivity contribution in [3.63, 3.8) is 0 Å². The molecule has 3 rings (SSSR count). The lowest BCUT2D eigenvalue weighted by atomic mass is 10.0. The minimum atomic E-state index is -3.53. The summed E-state index contributed by atoms with van der Waals surface area (Å²) in [5.41, 5.74) is 1.59. The molecular weight excluding hydrogens is 438 g/mol. The zero-order valence-electron chi connectivity index (χ0n) is 19.5. The molecule has 1 aliphatic rings. The second-order valence-corrected chi connectivity index (χ2v) is 10.6. The standard InChI is InChI=1S/C25H33N3O4S/c1-4-19(5-2)24(29)26-21-10-8-20(9-11-21)25(30)27-22-12-14-23(15-13-22)33(31,32)28-16-6-7-18(3)17-28/h8-15,18-19H,4-7,16-17H2,1-3H3,(H,26,29)(H,27,30). The van der Waals surface area contributed by atoms with Crippen molar-refractivity contribution in [3.8, 4) is 0 Å². The second kappa shape index (κ2) is 10.9. The first kappa shape index (κ1) is 24.9. The van der Waals surface area contributed by atoms with Gasteiger partial charge in [-0.25, -0.2) is 8.42 Å². The summed E-state index contributed by atoms with van der Waals surface area (Å²) in [4.78, 5) is 25.0. The average Bonchev–Trinajstić information content (AvgIpc) is 2.80. The van der Waals surface area contributed by atoms with E-state index in [0.29, 0.717) is 35.9 Å². The predicted molar refractivity (Wildman–Crippen MR) is 131 cm³/mol. The van der Waals surface area contributed by atoms with Crippen LogP contribution in [0.2, 0.25) is 0 Å². The molecule has 1 unspecified atom stereocenters. The third-order valence-corrected chi connectivity index (χ3v) is 8.02. The van der Waals surface area contributed by atoms with E-state index in [0.717, 1.165) is 25.7 Å². The molecule has 2 N–H and O–H groups in total. The maximum Gasteiger partial charge on any atom is 0.255 e. The summed E-state index contributed by atoms with van der Waals surface area (Å²) in [6.45, 7) is 7.11. The van der Waals surface area contributed by atoms with Crippen molar-refractivity contribution < 1.29 is 18.0 Å². The SMILES string of the molecule is CCC(CC)C(=O)Nc1ccc(C(=O)Nc2ccc(S(=O)(=O)N3CCCC(C)C3)cc2)cc1. The molecule has 0 saturated carbocycles. The molecule has 1 aliphatic heterocycles. The number of hydrogen-bond donors (Lipinski definition) is 2. The molecule has 0 aromatic heterocycles. The fourth-order valence-corrected chi connectivity index (χ4v) is 5.63. The molecular formula is C25H33N3O4S. The Balaban J connectivity index is 1.62. The molecule has 1 atom stereocenters. The maximum absolute atomic E-state index is 12.9. The summed E-state index contributed by atoms with van der Waals surface area (Å²) in [5, 5.41) is 5.66. The Kier molecular flexibility index (Phi) is 8.26. The van der Waals surface area contributed by atoms with Crippen LogP contribution in [-0.2, 0) is 14.8 Å². The molecule has 0 aliphatic carbocycles. The molecule has 1 fully saturated rings. The molecule has 2 aromatic carbocycles. The number of nitrogens with zero attached hydrogens (tertiary/aromatic N) is 1. The second-order valence-electron chi connectivity index (χ2n) is 8.67. The van der Waals surface area contributed by atoms with E-state index in [4.69, 9.17) is 0 Å². The zero-order valence-corrected chi connectivity index (χ0v) is 20.3. The minimum Gasteiger partial charge on any atom is -0.326 e. The van der Waals surface area contributed by atoms with Crippen LogP contribution in [0.1, 0.15) is 56.8 Å². The Morgan fingerprint density at radius 3 is 2.12 bits per heavy atom. The van der Waals surface area contributed by atoms with Gasteiger partial charge in [-0.05, 0) is 80.1 Å². The fraction of sp³-hybridized carbons (Fsp3) is 0.440. The summed E-state index contributed by atoms with van der Waals surface area (Å²) in [5.74, 6) is -0.0100. The van der Waals surface area contributed by atoms with Gasteiger partial charge in [0.2, 0.25) is 15.9 Å². The number of hydrogen-bond acceptors (Lipinski definition) is 4. The van der Waals surface area contributed by atoms with Crippen molar-refractivity contribution in [1.82, 2.24) is 4.31 Å². The first-order chi connectivity index (χ1) is 15.7. The van der Waals surface area contributed by atoms with Gasteiger partial charge in [-0.15, -0.1) is 0 Å². The Morgan fingerprint density at radius 1 is 0.970 bits per heavy atom. The molecule has 33 heavy (non-hydrogen) atoms. The van der Waals surface area contributed by atoms with Crippen LogP contribution < -0.4 is 10.6 Å². The quantitative estimate of drug-likeness (QED) is 0.582. The lowest BCUT2D eigenvalue weighted by molar-refractivity contribution is -0.120. The summed E-state index contributed by atoms with van der Waals surface area (Å²) < 4.78 is 27.3. The Morgan fingerprint density at radius 2 is 1.55 bits per heavy atom. The van der Waals surface area contributed by atoms with Gasteiger partial charge in [0.15, 0.2) is 0 Å². The molecule has 0 radical (unpaired) electrons. The Bertz CT molecular complexity index is 1060. The highest BCUT2D eigenvalue weighted by molar-refractivity contribution is 7.89. The fourth-order valence-electron chi connectivity index (χ4n) is 4.04. The van der Waals surface area contributed by atoms with Crippen LogP contribution in [-0.4, -0.2) is 37.6 Å². The largest absolute Gasteiger partial charge is 0.326 e. The van der Waals surface area contributed by atoms with E-state index in [1.165, 1.54) is 16.4 Å². The molecule has 0 spiro atoms. The van der Waals surface area contributed by atoms with Crippen LogP contribution in [0.25, 0.3) is 0 Å². The molecule has 178 valence electrons. The summed E-state index contributed by atoms with van der Waals surface area (Å²) >= 11 is 0. The number of carbonyl (C=O) groups is 2. The van der Waals surface area contributed by atoms with Gasteiger partial charge in [0.25, 0.3) is 5.91 Å². The number of nitrogens with one attached hydrogen (secondary N) is 2. The van der Waals surface area contributed by atoms with E-state index in [-0.39, 0.29) is 22.6 Å². The van der Waals surface area contributed by atoms with Gasteiger partial charge in [-0.3, -0.25) is 9.59 Å². The molecule has 1 saturated heterocycles. The number of amides is 2. The molecule has 7 nitrogen and oxygen atoms in total. The molecule has 1 heterocycles. The highest BCUT2D eigenvalue weighted by Gasteiger charge is 2.28. The first-order valence-corrected chi connectivity index (χ1v) is 13.0. The molecule has 2 aromatic rings. The van der Waals surface area contributed by atoms with Gasteiger partial charge in [-0.1, -0.05) is 20.8 Å². The van der Waals surface area contributed by atoms with Gasteiger partial charge in [-0.2, -0.15) is 4.31 Å². The monoisotopic (exact) mass is 471 g/mol. The van der Waals surface area contributed by atoms with Crippen LogP contribution in [0.4, 0.5) is 11.4 Å². The third-order valence-electron chi connectivity index (χ3n) is 6.14. The van der Waals surface area contributed by atoms with E-state index in [9.17, 15) is 18.0 Å². The van der Waals surface area contributed by atoms with Gasteiger partial charge in [0, 0.05) is 35.9 Å². The van der Waals surface area contributed by atoms with Gasteiger partial charge in [0.1, 0.15) is 0 Å². The first-order valence-electron chi connectivity index (χ1n) is 11.6. The summed E-state index contributed by atoms with van der Waals surface area (Å²) in [6.07, 6.45) is 3.47. The van der Waals surface area contributed by atoms with E-state index in [2.05, 4.69) is 17.6 Å². The topological polar surface area (TPSA) is 95.6 Å². The van der Waals surface area contributed by atoms with E-state index >= 15 is 0 Å². The van der Waals surface area contributed by atoms with Crippen LogP contribution >= 0.6 is 0 Å². The highest BCUT2D eigenvalue weighted by atomic mass is 32.2. The third kappa shape index (κ3) is 6.21. The lowest BCUT2D eigenvalue weighted by Gasteiger charge is -2.30. The van der Waals surface area contributed by atoms with Crippen molar-refractivity contribution in [3.05, 3.63) is 54.1 Å². The maximum atomic E-state index is 12.9. The number of anilines is 2. The zero-order chi connectivity index (χ0) is 24.0. The minimum absolute atomic E-state index is 0.0220. The van der Waals surface area contributed by atoms with Crippen molar-refractivity contribution in [1.29, 1.82) is 0 Å². The van der Waals surface area contributed by atoms with E-state index in [1.807, 2.05) is 13.8 Å². The Labute approximate surface area is 196 Å². The number of carbonyl (C=O) groups excluding carboxylic acids is 2. The van der Waals surface area contributed by atoms with E-state index < -0.39 is 10.0 Å². The van der Waals surface area contributed by atoms with Crippen LogP contribution in [0.15, 0.2) is 53.4 Å². The smallest absolute Gasteiger partial charge is 0.255 e. The lowest BCUT2D eigenvalue weighted by Crippen LogP contribution is -2.39. The van der Waals surface area contributed by atoms with Crippen molar-refractivity contribution in [2.24, 2.45) is 11.8 Å². The number of piperidine rings is 1. The number of sulfonamides is 1. The molecule has 2 amide bonds. The van der Waals surface area contributed by atoms with Crippen LogP contribution in [0.3, 0.4) is 0 Å². The molecule has 8 heteroatoms. The molecule has 0 bridgehead atoms. The van der Waals surface area contributed by atoms with Crippen molar-refractivity contribution in [2.75, 3.05) is 23.7 Å². The Hall–Kier alpha value is -2.71. The van der Waals surface area contributed by atoms with Crippen LogP contribution in [0.5, 0.6) is 0 Å². The van der Waals surface area contributed by atoms with Gasteiger partial charge < -0.3 is 10.6 Å². The normalized spacial score (nSPS) is 17.0. The van der Waals surface area contributed by atoms with Crippen molar-refractivity contribution >= 4 is 33.2 Å². The van der Waals surface area contributed by atoms with Gasteiger partial charge >= 0.3 is 0 Å². The number of benzene rings is 2. The average molecular weight is 472 g/mol. The van der Waals surface area contributed by atoms with Gasteiger partial charge in [0.05, 0.1) is 4.90 Å². The number of rotatable bonds is 8. The predicted octanol–water partition coefficient (Wildman–Crippen LogP) is 4.73. The van der Waals surface area contributed by atoms with Crippen LogP contribution in [0, 0.1) is 11.8 Å². The summed E-state index contributed by atoms with van der Waals surface area (Å²) in [7, 11) is -3.53. The van der Waals surface area contributed by atoms with E-state index in [1.54, 1.807) is 36.4 Å². The highest BCUT2D eigenvalue weighted by Crippen LogP contribution is 2.24. The summed E-state index contributed by atoms with van der Waals surface area (Å²) in [6, 6.07) is 12.9. The van der Waals surface area contributed by atoms with Crippen molar-refractivity contribution in [2.45, 2.75) is 51.3 Å².